The highest BCUT2D eigenvalue weighted by Gasteiger charge is 2.26. The third kappa shape index (κ3) is 3.89. The average molecular weight is 283 g/mol. The summed E-state index contributed by atoms with van der Waals surface area (Å²) in [5.74, 6) is -0.317. The van der Waals surface area contributed by atoms with Gasteiger partial charge < -0.3 is 11.1 Å². The van der Waals surface area contributed by atoms with Gasteiger partial charge in [0, 0.05) is 12.7 Å². The largest absolute Gasteiger partial charge is 0.369 e. The smallest absolute Gasteiger partial charge is 0.224 e. The van der Waals surface area contributed by atoms with Crippen LogP contribution in [0.15, 0.2) is 54.7 Å². The molecule has 2 aromatic rings. The van der Waals surface area contributed by atoms with Gasteiger partial charge in [-0.15, -0.1) is 0 Å². The Hall–Kier alpha value is -2.20. The number of aromatic nitrogens is 1. The number of primary amides is 1. The van der Waals surface area contributed by atoms with E-state index >= 15 is 0 Å². The van der Waals surface area contributed by atoms with Gasteiger partial charge in [0.1, 0.15) is 0 Å². The van der Waals surface area contributed by atoms with E-state index in [0.29, 0.717) is 6.54 Å². The summed E-state index contributed by atoms with van der Waals surface area (Å²) in [6.07, 6.45) is 1.77. The lowest BCUT2D eigenvalue weighted by molar-refractivity contribution is -0.125. The van der Waals surface area contributed by atoms with Crippen molar-refractivity contribution in [3.63, 3.8) is 0 Å². The van der Waals surface area contributed by atoms with Crippen molar-refractivity contribution in [3.8, 4) is 0 Å². The maximum absolute atomic E-state index is 11.5. The third-order valence-corrected chi connectivity index (χ3v) is 3.53. The third-order valence-electron chi connectivity index (χ3n) is 3.53. The maximum Gasteiger partial charge on any atom is 0.224 e. The molecule has 0 aliphatic heterocycles. The molecule has 0 aliphatic carbocycles. The van der Waals surface area contributed by atoms with E-state index in [2.05, 4.69) is 10.3 Å². The second-order valence-corrected chi connectivity index (χ2v) is 5.73. The number of carbonyl (C=O) groups excluding carboxylic acids is 1. The Labute approximate surface area is 125 Å². The van der Waals surface area contributed by atoms with Crippen LogP contribution in [0.2, 0.25) is 0 Å². The van der Waals surface area contributed by atoms with E-state index in [1.807, 2.05) is 62.4 Å². The molecule has 0 bridgehead atoms. The van der Waals surface area contributed by atoms with E-state index in [-0.39, 0.29) is 11.9 Å². The fourth-order valence-corrected chi connectivity index (χ4v) is 2.03. The number of nitrogens with zero attached hydrogens (tertiary/aromatic N) is 1. The molecule has 0 radical (unpaired) electrons. The number of nitrogens with one attached hydrogen (secondary N) is 1. The van der Waals surface area contributed by atoms with Crippen LogP contribution in [0.3, 0.4) is 0 Å². The van der Waals surface area contributed by atoms with Gasteiger partial charge in [0.2, 0.25) is 5.91 Å². The summed E-state index contributed by atoms with van der Waals surface area (Å²) in [6.45, 7) is 4.16. The molecule has 1 aromatic heterocycles. The van der Waals surface area contributed by atoms with Crippen LogP contribution in [0.1, 0.15) is 31.1 Å². The normalized spacial score (nSPS) is 12.9. The predicted molar refractivity (Wildman–Crippen MR) is 83.5 cm³/mol. The van der Waals surface area contributed by atoms with Crippen molar-refractivity contribution in [3.05, 3.63) is 66.0 Å². The molecule has 4 nitrogen and oxygen atoms in total. The van der Waals surface area contributed by atoms with Crippen molar-refractivity contribution in [2.45, 2.75) is 19.9 Å². The fraction of sp³-hybridized carbons (Fsp3) is 0.294. The monoisotopic (exact) mass is 283 g/mol. The van der Waals surface area contributed by atoms with Crippen molar-refractivity contribution >= 4 is 5.91 Å². The summed E-state index contributed by atoms with van der Waals surface area (Å²) in [4.78, 5) is 15.9. The van der Waals surface area contributed by atoms with Gasteiger partial charge in [-0.05, 0) is 31.5 Å². The van der Waals surface area contributed by atoms with Gasteiger partial charge in [-0.2, -0.15) is 0 Å². The van der Waals surface area contributed by atoms with E-state index in [4.69, 9.17) is 5.73 Å². The highest BCUT2D eigenvalue weighted by molar-refractivity contribution is 5.80. The van der Waals surface area contributed by atoms with Gasteiger partial charge in [0.25, 0.3) is 0 Å². The molecule has 0 saturated carbocycles. The summed E-state index contributed by atoms with van der Waals surface area (Å²) in [7, 11) is 0. The van der Waals surface area contributed by atoms with Crippen LogP contribution >= 0.6 is 0 Å². The lowest BCUT2D eigenvalue weighted by atomic mass is 9.91. The van der Waals surface area contributed by atoms with Crippen LogP contribution < -0.4 is 11.1 Å². The Morgan fingerprint density at radius 3 is 2.43 bits per heavy atom. The second kappa shape index (κ2) is 6.50. The molecule has 0 fully saturated rings. The van der Waals surface area contributed by atoms with E-state index in [1.54, 1.807) is 6.20 Å². The summed E-state index contributed by atoms with van der Waals surface area (Å²) in [5.41, 5.74) is 6.86. The lowest BCUT2D eigenvalue weighted by Gasteiger charge is -2.26. The number of carbonyl (C=O) groups is 1. The van der Waals surface area contributed by atoms with Gasteiger partial charge >= 0.3 is 0 Å². The second-order valence-electron chi connectivity index (χ2n) is 5.73. The van der Waals surface area contributed by atoms with Crippen molar-refractivity contribution in [1.29, 1.82) is 0 Å². The minimum Gasteiger partial charge on any atom is -0.369 e. The Morgan fingerprint density at radius 2 is 1.86 bits per heavy atom. The first kappa shape index (κ1) is 15.2. The Morgan fingerprint density at radius 1 is 1.19 bits per heavy atom. The maximum atomic E-state index is 11.5. The standard InChI is InChI=1S/C17H21N3O/c1-17(2,16(18)21)12-20-15(13-8-4-3-5-9-13)14-10-6-7-11-19-14/h3-11,15,20H,12H2,1-2H3,(H2,18,21)/t15-/m1/s1. The van der Waals surface area contributed by atoms with Crippen LogP contribution in [-0.4, -0.2) is 17.4 Å². The van der Waals surface area contributed by atoms with Gasteiger partial charge in [-0.25, -0.2) is 0 Å². The lowest BCUT2D eigenvalue weighted by Crippen LogP contribution is -2.41. The molecule has 1 atom stereocenters. The van der Waals surface area contributed by atoms with Gasteiger partial charge in [-0.3, -0.25) is 9.78 Å². The minimum atomic E-state index is -0.609. The summed E-state index contributed by atoms with van der Waals surface area (Å²) in [6, 6.07) is 15.8. The molecule has 3 N–H and O–H groups in total. The SMILES string of the molecule is CC(C)(CN[C@H](c1ccccc1)c1ccccn1)C(N)=O. The van der Waals surface area contributed by atoms with Crippen molar-refractivity contribution in [2.75, 3.05) is 6.54 Å². The Bertz CT molecular complexity index is 542. The molecule has 0 spiro atoms. The molecule has 0 aliphatic rings. The van der Waals surface area contributed by atoms with Crippen molar-refractivity contribution in [1.82, 2.24) is 10.3 Å². The molecule has 110 valence electrons. The quantitative estimate of drug-likeness (QED) is 0.854. The van der Waals surface area contributed by atoms with Crippen molar-refractivity contribution < 1.29 is 4.79 Å². The number of benzene rings is 1. The Kier molecular flexibility index (Phi) is 4.70. The molecule has 0 saturated heterocycles. The highest BCUT2D eigenvalue weighted by atomic mass is 16.1. The molecular weight excluding hydrogens is 262 g/mol. The fourth-order valence-electron chi connectivity index (χ4n) is 2.03. The molecule has 4 heteroatoms. The first-order valence-corrected chi connectivity index (χ1v) is 7.00. The highest BCUT2D eigenvalue weighted by Crippen LogP contribution is 2.22. The average Bonchev–Trinajstić information content (AvgIpc) is 2.49. The van der Waals surface area contributed by atoms with Crippen LogP contribution in [-0.2, 0) is 4.79 Å². The first-order valence-electron chi connectivity index (χ1n) is 7.00. The number of hydrogen-bond acceptors (Lipinski definition) is 3. The van der Waals surface area contributed by atoms with Crippen LogP contribution in [0.5, 0.6) is 0 Å². The minimum absolute atomic E-state index is 0.0639. The van der Waals surface area contributed by atoms with E-state index in [0.717, 1.165) is 11.3 Å². The van der Waals surface area contributed by atoms with Crippen LogP contribution in [0.25, 0.3) is 0 Å². The number of amides is 1. The number of nitrogens with two attached hydrogens (primary N) is 1. The first-order chi connectivity index (χ1) is 10.0. The zero-order valence-electron chi connectivity index (χ0n) is 12.4. The topological polar surface area (TPSA) is 68.0 Å². The van der Waals surface area contributed by atoms with Gasteiger partial charge in [-0.1, -0.05) is 36.4 Å². The molecule has 1 aromatic carbocycles. The van der Waals surface area contributed by atoms with E-state index in [9.17, 15) is 4.79 Å². The molecule has 1 heterocycles. The van der Waals surface area contributed by atoms with E-state index in [1.165, 1.54) is 0 Å². The predicted octanol–water partition coefficient (Wildman–Crippen LogP) is 2.27. The summed E-state index contributed by atoms with van der Waals surface area (Å²) < 4.78 is 0. The van der Waals surface area contributed by atoms with Crippen LogP contribution in [0.4, 0.5) is 0 Å². The van der Waals surface area contributed by atoms with Gasteiger partial charge in [0.15, 0.2) is 0 Å². The molecule has 1 amide bonds. The van der Waals surface area contributed by atoms with Crippen molar-refractivity contribution in [2.24, 2.45) is 11.1 Å². The zero-order valence-corrected chi connectivity index (χ0v) is 12.4. The van der Waals surface area contributed by atoms with Gasteiger partial charge in [0.05, 0.1) is 17.2 Å². The van der Waals surface area contributed by atoms with E-state index < -0.39 is 5.41 Å². The zero-order chi connectivity index (χ0) is 15.3. The van der Waals surface area contributed by atoms with Crippen LogP contribution in [0, 0.1) is 5.41 Å². The molecule has 2 rings (SSSR count). The number of pyridine rings is 1. The molecular formula is C17H21N3O. The number of hydrogen-bond donors (Lipinski definition) is 2. The Balaban J connectivity index is 2.24. The molecule has 0 unspecified atom stereocenters. The molecule has 21 heavy (non-hydrogen) atoms. The summed E-state index contributed by atoms with van der Waals surface area (Å²) in [5, 5.41) is 3.41. The summed E-state index contributed by atoms with van der Waals surface area (Å²) >= 11 is 0. The number of rotatable bonds is 6.